The lowest BCUT2D eigenvalue weighted by Gasteiger charge is -2.22. The van der Waals surface area contributed by atoms with E-state index in [9.17, 15) is 31.6 Å². The predicted molar refractivity (Wildman–Crippen MR) is 252 cm³/mol. The molecule has 0 radical (unpaired) electrons. The molecule has 0 spiro atoms. The fourth-order valence-electron chi connectivity index (χ4n) is 9.49. The van der Waals surface area contributed by atoms with Crippen LogP contribution in [0.4, 0.5) is 26.3 Å². The van der Waals surface area contributed by atoms with Gasteiger partial charge in [0, 0.05) is 32.7 Å². The van der Waals surface area contributed by atoms with Crippen LogP contribution in [-0.4, -0.2) is 9.13 Å². The Morgan fingerprint density at radius 2 is 0.879 bits per heavy atom. The molecule has 2 aromatic heterocycles. The zero-order valence-corrected chi connectivity index (χ0v) is 34.7. The molecule has 0 saturated heterocycles. The monoisotopic (exact) mass is 873 g/mol. The van der Waals surface area contributed by atoms with Gasteiger partial charge in [-0.3, -0.25) is 0 Å². The van der Waals surface area contributed by atoms with Crippen LogP contribution >= 0.6 is 0 Å². The highest BCUT2D eigenvalue weighted by Crippen LogP contribution is 2.47. The normalized spacial score (nSPS) is 12.1. The average molecular weight is 874 g/mol. The minimum Gasteiger partial charge on any atom is -0.309 e. The number of hydrogen-bond donors (Lipinski definition) is 0. The number of alkyl halides is 6. The molecule has 0 saturated carbocycles. The molecular formula is C57H33F6N3. The maximum absolute atomic E-state index is 14.9. The highest BCUT2D eigenvalue weighted by atomic mass is 19.4. The number of halogens is 6. The Labute approximate surface area is 374 Å². The van der Waals surface area contributed by atoms with Crippen molar-refractivity contribution >= 4 is 43.6 Å². The summed E-state index contributed by atoms with van der Waals surface area (Å²) in [5.74, 6) is 0. The maximum atomic E-state index is 14.9. The van der Waals surface area contributed by atoms with E-state index in [2.05, 4.69) is 22.8 Å². The third kappa shape index (κ3) is 6.69. The second-order valence-electron chi connectivity index (χ2n) is 16.2. The number of para-hydroxylation sites is 2. The average Bonchev–Trinajstić information content (AvgIpc) is 3.85. The molecule has 318 valence electrons. The van der Waals surface area contributed by atoms with Crippen LogP contribution in [-0.2, 0) is 12.4 Å². The van der Waals surface area contributed by atoms with Crippen molar-refractivity contribution in [2.75, 3.05) is 0 Å². The SMILES string of the molecule is N#Cc1cccc(-n2c3ccccc3c3cc(-c4ccccc4)ccc32)c1-c1cc(-c2ccc(C(F)(F)F)cc2C(F)(F)F)ccc1-n1c2ccccc2c2cc(-c3ccccc3)ccc21. The standard InChI is InChI=1S/C57H33F6N3/c58-56(59,60)41-25-26-42(48(33-41)57(61,62)63)39-24-29-53(65-49-19-9-7-17-43(49)45-30-37(22-27-51(45)65)35-12-3-1-4-13-35)47(32-39)55-40(34-64)16-11-21-54(55)66-50-20-10-8-18-44(50)46-31-38(23-28-52(46)66)36-14-5-2-6-15-36/h1-33H. The summed E-state index contributed by atoms with van der Waals surface area (Å²) in [5.41, 5.74) is 6.29. The minimum atomic E-state index is -5.13. The fourth-order valence-corrected chi connectivity index (χ4v) is 9.49. The van der Waals surface area contributed by atoms with Crippen LogP contribution in [0.15, 0.2) is 200 Å². The first-order valence-electron chi connectivity index (χ1n) is 21.1. The molecule has 3 nitrogen and oxygen atoms in total. The highest BCUT2D eigenvalue weighted by molar-refractivity contribution is 6.13. The summed E-state index contributed by atoms with van der Waals surface area (Å²) >= 11 is 0. The topological polar surface area (TPSA) is 33.6 Å². The van der Waals surface area contributed by atoms with E-state index in [-0.39, 0.29) is 17.2 Å². The molecule has 11 aromatic rings. The Kier molecular flexibility index (Phi) is 9.45. The molecule has 0 aliphatic carbocycles. The van der Waals surface area contributed by atoms with Crippen LogP contribution in [0.1, 0.15) is 16.7 Å². The first kappa shape index (κ1) is 40.4. The summed E-state index contributed by atoms with van der Waals surface area (Å²) in [6.45, 7) is 0. The molecule has 0 N–H and O–H groups in total. The van der Waals surface area contributed by atoms with Gasteiger partial charge in [-0.15, -0.1) is 0 Å². The van der Waals surface area contributed by atoms with Crippen molar-refractivity contribution in [2.24, 2.45) is 0 Å². The third-order valence-corrected chi connectivity index (χ3v) is 12.4. The number of aromatic nitrogens is 2. The van der Waals surface area contributed by atoms with Crippen molar-refractivity contribution in [2.45, 2.75) is 12.4 Å². The van der Waals surface area contributed by atoms with Crippen molar-refractivity contribution in [3.63, 3.8) is 0 Å². The molecule has 0 bridgehead atoms. The van der Waals surface area contributed by atoms with Gasteiger partial charge in [0.1, 0.15) is 0 Å². The van der Waals surface area contributed by atoms with Gasteiger partial charge < -0.3 is 9.13 Å². The molecule has 0 aliphatic heterocycles. The summed E-state index contributed by atoms with van der Waals surface area (Å²) in [6, 6.07) is 62.4. The summed E-state index contributed by atoms with van der Waals surface area (Å²) in [5, 5.41) is 14.8. The minimum absolute atomic E-state index is 0.0235. The third-order valence-electron chi connectivity index (χ3n) is 12.4. The van der Waals surface area contributed by atoms with Crippen LogP contribution in [0.5, 0.6) is 0 Å². The quantitative estimate of drug-likeness (QED) is 0.153. The Balaban J connectivity index is 1.24. The van der Waals surface area contributed by atoms with Gasteiger partial charge in [-0.25, -0.2) is 0 Å². The largest absolute Gasteiger partial charge is 0.417 e. The van der Waals surface area contributed by atoms with Gasteiger partial charge >= 0.3 is 12.4 Å². The zero-order valence-electron chi connectivity index (χ0n) is 34.7. The summed E-state index contributed by atoms with van der Waals surface area (Å²) in [4.78, 5) is 0. The predicted octanol–water partition coefficient (Wildman–Crippen LogP) is 16.5. The smallest absolute Gasteiger partial charge is 0.309 e. The highest BCUT2D eigenvalue weighted by Gasteiger charge is 2.38. The molecule has 0 unspecified atom stereocenters. The summed E-state index contributed by atoms with van der Waals surface area (Å²) in [7, 11) is 0. The molecule has 9 aromatic carbocycles. The second-order valence-corrected chi connectivity index (χ2v) is 16.2. The van der Waals surface area contributed by atoms with E-state index in [1.807, 2.05) is 144 Å². The van der Waals surface area contributed by atoms with E-state index in [0.29, 0.717) is 28.6 Å². The van der Waals surface area contributed by atoms with Crippen molar-refractivity contribution < 1.29 is 26.3 Å². The number of hydrogen-bond acceptors (Lipinski definition) is 1. The van der Waals surface area contributed by atoms with E-state index >= 15 is 0 Å². The zero-order chi connectivity index (χ0) is 45.3. The van der Waals surface area contributed by atoms with Crippen LogP contribution in [0.25, 0.3) is 99.5 Å². The molecule has 0 amide bonds. The number of fused-ring (bicyclic) bond motifs is 6. The van der Waals surface area contributed by atoms with Crippen LogP contribution in [0.3, 0.4) is 0 Å². The molecule has 9 heteroatoms. The van der Waals surface area contributed by atoms with E-state index in [0.717, 1.165) is 71.9 Å². The molecule has 0 fully saturated rings. The van der Waals surface area contributed by atoms with Crippen LogP contribution < -0.4 is 0 Å². The van der Waals surface area contributed by atoms with Crippen LogP contribution in [0.2, 0.25) is 0 Å². The Morgan fingerprint density at radius 1 is 0.364 bits per heavy atom. The lowest BCUT2D eigenvalue weighted by atomic mass is 9.90. The number of benzene rings is 9. The van der Waals surface area contributed by atoms with Crippen molar-refractivity contribution in [3.05, 3.63) is 217 Å². The van der Waals surface area contributed by atoms with Gasteiger partial charge in [-0.2, -0.15) is 31.6 Å². The van der Waals surface area contributed by atoms with Gasteiger partial charge in [0.15, 0.2) is 0 Å². The number of nitriles is 1. The molecule has 0 aliphatic rings. The summed E-state index contributed by atoms with van der Waals surface area (Å²) < 4.78 is 90.7. The maximum Gasteiger partial charge on any atom is 0.417 e. The molecule has 66 heavy (non-hydrogen) atoms. The van der Waals surface area contributed by atoms with E-state index in [1.165, 1.54) is 6.07 Å². The van der Waals surface area contributed by atoms with E-state index in [4.69, 9.17) is 0 Å². The number of nitrogens with zero attached hydrogens (tertiary/aromatic N) is 3. The van der Waals surface area contributed by atoms with E-state index in [1.54, 1.807) is 24.3 Å². The van der Waals surface area contributed by atoms with Gasteiger partial charge in [0.05, 0.1) is 56.2 Å². The van der Waals surface area contributed by atoms with Gasteiger partial charge in [0.2, 0.25) is 0 Å². The van der Waals surface area contributed by atoms with Gasteiger partial charge in [-0.05, 0) is 106 Å². The fraction of sp³-hybridized carbons (Fsp3) is 0.0351. The lowest BCUT2D eigenvalue weighted by Crippen LogP contribution is -2.12. The Bertz CT molecular complexity index is 3740. The first-order valence-corrected chi connectivity index (χ1v) is 21.1. The van der Waals surface area contributed by atoms with Gasteiger partial charge in [0.25, 0.3) is 0 Å². The Morgan fingerprint density at radius 3 is 1.42 bits per heavy atom. The molecule has 0 atom stereocenters. The summed E-state index contributed by atoms with van der Waals surface area (Å²) in [6.07, 6.45) is -10.1. The Hall–Kier alpha value is -8.35. The molecular weight excluding hydrogens is 841 g/mol. The van der Waals surface area contributed by atoms with E-state index < -0.39 is 29.0 Å². The molecule has 11 rings (SSSR count). The lowest BCUT2D eigenvalue weighted by molar-refractivity contribution is -0.142. The van der Waals surface area contributed by atoms with Crippen molar-refractivity contribution in [1.82, 2.24) is 9.13 Å². The first-order chi connectivity index (χ1) is 32.0. The van der Waals surface area contributed by atoms with Crippen molar-refractivity contribution in [3.8, 4) is 62.0 Å². The van der Waals surface area contributed by atoms with Gasteiger partial charge in [-0.1, -0.05) is 127 Å². The van der Waals surface area contributed by atoms with Crippen molar-refractivity contribution in [1.29, 1.82) is 5.26 Å². The second kappa shape index (κ2) is 15.4. The van der Waals surface area contributed by atoms with Crippen LogP contribution in [0, 0.1) is 11.3 Å². The number of rotatable bonds is 6. The molecule has 2 heterocycles.